The standard InChI is InChI=1S/C26H22FN7OS/c1-15(21-8-5-17(27)12-30-21)34-26(35)19-3-2-10-29-25(19)31-13-18-6-9-23(36-18)16-4-7-22-20(11-16)24(28)33-14-32-22/h2-12,14-15H,13H2,1H3,(H,29,31)(H,34,35)(H2,28,32,33)/t15-/m0/s1. The predicted molar refractivity (Wildman–Crippen MR) is 139 cm³/mol. The lowest BCUT2D eigenvalue weighted by molar-refractivity contribution is 0.0939. The second kappa shape index (κ2) is 10.0. The Kier molecular flexibility index (Phi) is 6.50. The van der Waals surface area contributed by atoms with E-state index in [0.29, 0.717) is 29.4 Å². The minimum absolute atomic E-state index is 0.299. The number of fused-ring (bicyclic) bond motifs is 1. The van der Waals surface area contributed by atoms with E-state index >= 15 is 0 Å². The largest absolute Gasteiger partial charge is 0.383 e. The van der Waals surface area contributed by atoms with Crippen LogP contribution in [0, 0.1) is 5.82 Å². The summed E-state index contributed by atoms with van der Waals surface area (Å²) in [6.45, 7) is 2.29. The molecule has 36 heavy (non-hydrogen) atoms. The molecule has 0 aliphatic carbocycles. The third-order valence-electron chi connectivity index (χ3n) is 5.64. The lowest BCUT2D eigenvalue weighted by atomic mass is 10.1. The third-order valence-corrected chi connectivity index (χ3v) is 6.77. The molecule has 4 N–H and O–H groups in total. The number of carbonyl (C=O) groups is 1. The molecular weight excluding hydrogens is 477 g/mol. The molecule has 5 aromatic rings. The number of carbonyl (C=O) groups excluding carboxylic acids is 1. The average molecular weight is 500 g/mol. The number of nitrogens with zero attached hydrogens (tertiary/aromatic N) is 4. The van der Waals surface area contributed by atoms with Gasteiger partial charge in [-0.05, 0) is 61.0 Å². The maximum absolute atomic E-state index is 13.2. The van der Waals surface area contributed by atoms with Gasteiger partial charge in [-0.25, -0.2) is 19.3 Å². The molecule has 10 heteroatoms. The van der Waals surface area contributed by atoms with Gasteiger partial charge in [0.05, 0.1) is 35.6 Å². The Morgan fingerprint density at radius 1 is 1.08 bits per heavy atom. The van der Waals surface area contributed by atoms with E-state index in [0.717, 1.165) is 32.4 Å². The Morgan fingerprint density at radius 2 is 1.97 bits per heavy atom. The van der Waals surface area contributed by atoms with Gasteiger partial charge in [0.15, 0.2) is 0 Å². The molecule has 4 heterocycles. The number of benzene rings is 1. The van der Waals surface area contributed by atoms with E-state index < -0.39 is 11.9 Å². The fraction of sp³-hybridized carbons (Fsp3) is 0.115. The van der Waals surface area contributed by atoms with Crippen LogP contribution in [0.15, 0.2) is 73.3 Å². The highest BCUT2D eigenvalue weighted by Gasteiger charge is 2.17. The van der Waals surface area contributed by atoms with E-state index in [-0.39, 0.29) is 5.91 Å². The zero-order valence-electron chi connectivity index (χ0n) is 19.3. The van der Waals surface area contributed by atoms with E-state index in [1.165, 1.54) is 12.4 Å². The number of nitrogens with two attached hydrogens (primary N) is 1. The highest BCUT2D eigenvalue weighted by molar-refractivity contribution is 7.15. The van der Waals surface area contributed by atoms with Crippen molar-refractivity contribution < 1.29 is 9.18 Å². The number of thiophene rings is 1. The van der Waals surface area contributed by atoms with Gasteiger partial charge in [-0.2, -0.15) is 0 Å². The van der Waals surface area contributed by atoms with Crippen LogP contribution in [-0.4, -0.2) is 25.8 Å². The number of hydrogen-bond donors (Lipinski definition) is 3. The quantitative estimate of drug-likeness (QED) is 0.289. The molecule has 0 saturated heterocycles. The number of nitrogen functional groups attached to an aromatic ring is 1. The zero-order chi connectivity index (χ0) is 25.1. The summed E-state index contributed by atoms with van der Waals surface area (Å²) in [5.41, 5.74) is 8.82. The number of amides is 1. The van der Waals surface area contributed by atoms with Crippen LogP contribution in [0.5, 0.6) is 0 Å². The number of hydrogen-bond acceptors (Lipinski definition) is 8. The minimum atomic E-state index is -0.425. The Labute approximate surface area is 210 Å². The molecule has 0 radical (unpaired) electrons. The summed E-state index contributed by atoms with van der Waals surface area (Å²) < 4.78 is 13.2. The number of nitrogens with one attached hydrogen (secondary N) is 2. The van der Waals surface area contributed by atoms with Gasteiger partial charge in [0.1, 0.15) is 23.8 Å². The van der Waals surface area contributed by atoms with Crippen molar-refractivity contribution in [1.82, 2.24) is 25.3 Å². The monoisotopic (exact) mass is 499 g/mol. The van der Waals surface area contributed by atoms with E-state index in [1.807, 2.05) is 30.3 Å². The van der Waals surface area contributed by atoms with Gasteiger partial charge in [0.25, 0.3) is 5.91 Å². The van der Waals surface area contributed by atoms with Gasteiger partial charge in [-0.15, -0.1) is 11.3 Å². The van der Waals surface area contributed by atoms with Crippen LogP contribution in [-0.2, 0) is 6.54 Å². The van der Waals surface area contributed by atoms with Gasteiger partial charge in [0, 0.05) is 21.3 Å². The molecule has 0 bridgehead atoms. The second-order valence-corrected chi connectivity index (χ2v) is 9.27. The maximum atomic E-state index is 13.2. The first-order valence-corrected chi connectivity index (χ1v) is 12.0. The molecule has 0 spiro atoms. The number of aromatic nitrogens is 4. The summed E-state index contributed by atoms with van der Waals surface area (Å²) in [7, 11) is 0. The van der Waals surface area contributed by atoms with Gasteiger partial charge in [0.2, 0.25) is 0 Å². The molecule has 8 nitrogen and oxygen atoms in total. The topological polar surface area (TPSA) is 119 Å². The summed E-state index contributed by atoms with van der Waals surface area (Å²) in [6.07, 6.45) is 4.22. The van der Waals surface area contributed by atoms with Crippen molar-refractivity contribution in [3.63, 3.8) is 0 Å². The first-order valence-electron chi connectivity index (χ1n) is 11.2. The van der Waals surface area contributed by atoms with E-state index in [4.69, 9.17) is 5.73 Å². The van der Waals surface area contributed by atoms with Crippen molar-refractivity contribution in [3.05, 3.63) is 95.3 Å². The molecule has 0 aliphatic heterocycles. The number of halogens is 1. The third kappa shape index (κ3) is 4.98. The van der Waals surface area contributed by atoms with E-state index in [9.17, 15) is 9.18 Å². The smallest absolute Gasteiger partial charge is 0.255 e. The first-order chi connectivity index (χ1) is 17.5. The second-order valence-electron chi connectivity index (χ2n) is 8.11. The van der Waals surface area contributed by atoms with Crippen molar-refractivity contribution in [1.29, 1.82) is 0 Å². The highest BCUT2D eigenvalue weighted by Crippen LogP contribution is 2.31. The molecule has 1 atom stereocenters. The van der Waals surface area contributed by atoms with Crippen LogP contribution in [0.3, 0.4) is 0 Å². The highest BCUT2D eigenvalue weighted by atomic mass is 32.1. The van der Waals surface area contributed by atoms with Crippen molar-refractivity contribution >= 4 is 39.8 Å². The summed E-state index contributed by atoms with van der Waals surface area (Å²) in [5, 5.41) is 6.98. The lowest BCUT2D eigenvalue weighted by Gasteiger charge is -2.15. The van der Waals surface area contributed by atoms with Crippen LogP contribution in [0.25, 0.3) is 21.3 Å². The SMILES string of the molecule is C[C@H](NC(=O)c1cccnc1NCc1ccc(-c2ccc3ncnc(N)c3c2)s1)c1ccc(F)cn1. The number of pyridine rings is 2. The summed E-state index contributed by atoms with van der Waals surface area (Å²) in [4.78, 5) is 31.8. The Balaban J connectivity index is 1.28. The minimum Gasteiger partial charge on any atom is -0.383 e. The normalized spacial score (nSPS) is 11.8. The number of rotatable bonds is 7. The summed E-state index contributed by atoms with van der Waals surface area (Å²) >= 11 is 1.63. The number of anilines is 2. The summed E-state index contributed by atoms with van der Waals surface area (Å²) in [6, 6.07) is 15.9. The fourth-order valence-corrected chi connectivity index (χ4v) is 4.69. The molecule has 1 aromatic carbocycles. The van der Waals surface area contributed by atoms with E-state index in [2.05, 4.69) is 30.6 Å². The van der Waals surface area contributed by atoms with Gasteiger partial charge >= 0.3 is 0 Å². The Bertz CT molecular complexity index is 1540. The molecule has 1 amide bonds. The van der Waals surface area contributed by atoms with Crippen LogP contribution < -0.4 is 16.4 Å². The predicted octanol–water partition coefficient (Wildman–Crippen LogP) is 4.97. The Hall–Kier alpha value is -4.44. The molecule has 0 saturated carbocycles. The lowest BCUT2D eigenvalue weighted by Crippen LogP contribution is -2.28. The molecular formula is C26H22FN7OS. The zero-order valence-corrected chi connectivity index (χ0v) is 20.1. The molecule has 0 fully saturated rings. The molecule has 4 aromatic heterocycles. The van der Waals surface area contributed by atoms with E-state index in [1.54, 1.807) is 42.7 Å². The van der Waals surface area contributed by atoms with Crippen LogP contribution in [0.4, 0.5) is 16.0 Å². The van der Waals surface area contributed by atoms with Gasteiger partial charge < -0.3 is 16.4 Å². The molecule has 0 aliphatic rings. The van der Waals surface area contributed by atoms with Crippen molar-refractivity contribution in [2.75, 3.05) is 11.1 Å². The van der Waals surface area contributed by atoms with Gasteiger partial charge in [-0.3, -0.25) is 9.78 Å². The maximum Gasteiger partial charge on any atom is 0.255 e. The van der Waals surface area contributed by atoms with Crippen LogP contribution in [0.2, 0.25) is 0 Å². The average Bonchev–Trinajstić information content (AvgIpc) is 3.37. The first kappa shape index (κ1) is 23.3. The van der Waals surface area contributed by atoms with Crippen molar-refractivity contribution in [2.24, 2.45) is 0 Å². The van der Waals surface area contributed by atoms with Crippen molar-refractivity contribution in [2.45, 2.75) is 19.5 Å². The Morgan fingerprint density at radius 3 is 2.81 bits per heavy atom. The van der Waals surface area contributed by atoms with Crippen LogP contribution in [0.1, 0.15) is 33.9 Å². The molecule has 180 valence electrons. The summed E-state index contributed by atoms with van der Waals surface area (Å²) in [5.74, 6) is 0.198. The fourth-order valence-electron chi connectivity index (χ4n) is 3.75. The van der Waals surface area contributed by atoms with Crippen LogP contribution >= 0.6 is 11.3 Å². The molecule has 0 unspecified atom stereocenters. The van der Waals surface area contributed by atoms with Crippen molar-refractivity contribution in [3.8, 4) is 10.4 Å². The molecule has 5 rings (SSSR count). The van der Waals surface area contributed by atoms with Gasteiger partial charge in [-0.1, -0.05) is 6.07 Å².